The number of hydrogen-bond donors (Lipinski definition) is 0. The minimum Gasteiger partial charge on any atom is -0.489 e. The molecule has 1 aliphatic heterocycles. The highest BCUT2D eigenvalue weighted by atomic mass is 35.5. The quantitative estimate of drug-likeness (QED) is 0.781. The molecule has 0 aromatic heterocycles. The maximum absolute atomic E-state index is 6.04. The molecule has 0 bridgehead atoms. The first-order valence-electron chi connectivity index (χ1n) is 8.04. The number of benzene rings is 2. The Labute approximate surface area is 142 Å². The molecule has 0 N–H and O–H groups in total. The zero-order valence-corrected chi connectivity index (χ0v) is 14.1. The number of para-hydroxylation sites is 2. The number of piperidine rings is 1. The average Bonchev–Trinajstić information content (AvgIpc) is 2.56. The van der Waals surface area contributed by atoms with Crippen molar-refractivity contribution >= 4 is 11.6 Å². The Kier molecular flexibility index (Phi) is 5.42. The first kappa shape index (κ1) is 16.2. The van der Waals surface area contributed by atoms with Gasteiger partial charge in [-0.25, -0.2) is 0 Å². The number of rotatable bonds is 5. The van der Waals surface area contributed by atoms with Gasteiger partial charge in [-0.15, -0.1) is 0 Å². The molecule has 2 aromatic carbocycles. The maximum Gasteiger partial charge on any atom is 0.169 e. The van der Waals surface area contributed by atoms with Crippen LogP contribution >= 0.6 is 11.6 Å². The second-order valence-electron chi connectivity index (χ2n) is 6.08. The van der Waals surface area contributed by atoms with Crippen LogP contribution in [-0.4, -0.2) is 31.6 Å². The van der Waals surface area contributed by atoms with Crippen LogP contribution in [0.25, 0.3) is 0 Å². The van der Waals surface area contributed by atoms with Gasteiger partial charge in [0.25, 0.3) is 0 Å². The molecule has 0 radical (unpaired) electrons. The second-order valence-corrected chi connectivity index (χ2v) is 6.52. The van der Waals surface area contributed by atoms with Crippen molar-refractivity contribution in [1.29, 1.82) is 0 Å². The lowest BCUT2D eigenvalue weighted by Crippen LogP contribution is -2.34. The highest BCUT2D eigenvalue weighted by molar-refractivity contribution is 6.30. The lowest BCUT2D eigenvalue weighted by molar-refractivity contribution is 0.148. The van der Waals surface area contributed by atoms with Crippen LogP contribution in [0.4, 0.5) is 0 Å². The standard InChI is InChI=1S/C19H22ClNO2/c1-21-12-4-5-15(13-21)14-22-18-6-2-3-7-19(18)23-17-10-8-16(20)9-11-17/h2-3,6-11,15H,4-5,12-14H2,1H3/t15-/m0/s1. The van der Waals surface area contributed by atoms with E-state index in [0.717, 1.165) is 30.4 Å². The summed E-state index contributed by atoms with van der Waals surface area (Å²) in [6.45, 7) is 3.01. The highest BCUT2D eigenvalue weighted by Crippen LogP contribution is 2.32. The number of ether oxygens (including phenoxy) is 2. The van der Waals surface area contributed by atoms with Crippen LogP contribution in [0.5, 0.6) is 17.2 Å². The number of likely N-dealkylation sites (tertiary alicyclic amines) is 1. The fraction of sp³-hybridized carbons (Fsp3) is 0.368. The van der Waals surface area contributed by atoms with Crippen LogP contribution in [0.3, 0.4) is 0 Å². The Morgan fingerprint density at radius 3 is 2.57 bits per heavy atom. The van der Waals surface area contributed by atoms with Crippen LogP contribution in [-0.2, 0) is 0 Å². The Morgan fingerprint density at radius 2 is 1.83 bits per heavy atom. The molecule has 0 saturated carbocycles. The van der Waals surface area contributed by atoms with E-state index in [1.165, 1.54) is 19.4 Å². The summed E-state index contributed by atoms with van der Waals surface area (Å²) in [5.74, 6) is 2.86. The summed E-state index contributed by atoms with van der Waals surface area (Å²) in [4.78, 5) is 2.37. The van der Waals surface area contributed by atoms with Crippen LogP contribution < -0.4 is 9.47 Å². The molecule has 1 aliphatic rings. The van der Waals surface area contributed by atoms with Crippen LogP contribution in [0, 0.1) is 5.92 Å². The molecular weight excluding hydrogens is 310 g/mol. The molecule has 4 heteroatoms. The van der Waals surface area contributed by atoms with Crippen molar-refractivity contribution in [2.45, 2.75) is 12.8 Å². The van der Waals surface area contributed by atoms with E-state index in [0.29, 0.717) is 10.9 Å². The van der Waals surface area contributed by atoms with E-state index in [2.05, 4.69) is 11.9 Å². The first-order valence-corrected chi connectivity index (χ1v) is 8.42. The van der Waals surface area contributed by atoms with Crippen molar-refractivity contribution in [2.75, 3.05) is 26.7 Å². The fourth-order valence-electron chi connectivity index (χ4n) is 2.90. The Morgan fingerprint density at radius 1 is 1.09 bits per heavy atom. The van der Waals surface area contributed by atoms with Gasteiger partial charge in [-0.05, 0) is 62.8 Å². The molecule has 3 rings (SSSR count). The SMILES string of the molecule is CN1CCC[C@H](COc2ccccc2Oc2ccc(Cl)cc2)C1. The van der Waals surface area contributed by atoms with Gasteiger partial charge in [-0.1, -0.05) is 23.7 Å². The largest absolute Gasteiger partial charge is 0.489 e. The molecule has 0 aliphatic carbocycles. The maximum atomic E-state index is 6.04. The van der Waals surface area contributed by atoms with Gasteiger partial charge in [0.2, 0.25) is 0 Å². The summed E-state index contributed by atoms with van der Waals surface area (Å²) < 4.78 is 12.0. The van der Waals surface area contributed by atoms with E-state index in [1.54, 1.807) is 0 Å². The molecule has 1 heterocycles. The van der Waals surface area contributed by atoms with Crippen molar-refractivity contribution in [1.82, 2.24) is 4.90 Å². The van der Waals surface area contributed by atoms with Gasteiger partial charge in [-0.3, -0.25) is 0 Å². The molecule has 0 unspecified atom stereocenters. The minimum absolute atomic E-state index is 0.581. The third-order valence-corrected chi connectivity index (χ3v) is 4.34. The summed E-state index contributed by atoms with van der Waals surface area (Å²) in [5.41, 5.74) is 0. The molecule has 122 valence electrons. The summed E-state index contributed by atoms with van der Waals surface area (Å²) in [7, 11) is 2.17. The fourth-order valence-corrected chi connectivity index (χ4v) is 3.03. The molecule has 0 spiro atoms. The van der Waals surface area contributed by atoms with Crippen molar-refractivity contribution in [3.05, 3.63) is 53.6 Å². The van der Waals surface area contributed by atoms with Gasteiger partial charge in [0.15, 0.2) is 11.5 Å². The number of halogens is 1. The first-order chi connectivity index (χ1) is 11.2. The third kappa shape index (κ3) is 4.63. The average molecular weight is 332 g/mol. The van der Waals surface area contributed by atoms with E-state index in [4.69, 9.17) is 21.1 Å². The van der Waals surface area contributed by atoms with E-state index in [1.807, 2.05) is 48.5 Å². The summed E-state index contributed by atoms with van der Waals surface area (Å²) in [5, 5.41) is 0.698. The van der Waals surface area contributed by atoms with E-state index >= 15 is 0 Å². The van der Waals surface area contributed by atoms with E-state index < -0.39 is 0 Å². The second kappa shape index (κ2) is 7.71. The Balaban J connectivity index is 1.64. The van der Waals surface area contributed by atoms with Gasteiger partial charge in [0, 0.05) is 17.5 Å². The molecule has 1 atom stereocenters. The van der Waals surface area contributed by atoms with Gasteiger partial charge >= 0.3 is 0 Å². The summed E-state index contributed by atoms with van der Waals surface area (Å²) in [6, 6.07) is 15.2. The van der Waals surface area contributed by atoms with Gasteiger partial charge in [-0.2, -0.15) is 0 Å². The molecule has 23 heavy (non-hydrogen) atoms. The Hall–Kier alpha value is -1.71. The zero-order valence-electron chi connectivity index (χ0n) is 13.4. The van der Waals surface area contributed by atoms with E-state index in [9.17, 15) is 0 Å². The lowest BCUT2D eigenvalue weighted by atomic mass is 10.00. The molecular formula is C19H22ClNO2. The molecule has 0 amide bonds. The topological polar surface area (TPSA) is 21.7 Å². The predicted molar refractivity (Wildman–Crippen MR) is 93.7 cm³/mol. The van der Waals surface area contributed by atoms with Crippen LogP contribution in [0.2, 0.25) is 5.02 Å². The molecule has 1 fully saturated rings. The summed E-state index contributed by atoms with van der Waals surface area (Å²) in [6.07, 6.45) is 2.47. The number of nitrogens with zero attached hydrogens (tertiary/aromatic N) is 1. The third-order valence-electron chi connectivity index (χ3n) is 4.09. The minimum atomic E-state index is 0.581. The van der Waals surface area contributed by atoms with Crippen molar-refractivity contribution in [3.63, 3.8) is 0 Å². The number of hydrogen-bond acceptors (Lipinski definition) is 3. The van der Waals surface area contributed by atoms with Gasteiger partial charge < -0.3 is 14.4 Å². The van der Waals surface area contributed by atoms with Crippen molar-refractivity contribution in [2.24, 2.45) is 5.92 Å². The monoisotopic (exact) mass is 331 g/mol. The molecule has 3 nitrogen and oxygen atoms in total. The van der Waals surface area contributed by atoms with Gasteiger partial charge in [0.05, 0.1) is 6.61 Å². The highest BCUT2D eigenvalue weighted by Gasteiger charge is 2.18. The van der Waals surface area contributed by atoms with Crippen LogP contribution in [0.15, 0.2) is 48.5 Å². The lowest BCUT2D eigenvalue weighted by Gasteiger charge is -2.29. The summed E-state index contributed by atoms with van der Waals surface area (Å²) >= 11 is 5.91. The predicted octanol–water partition coefficient (Wildman–Crippen LogP) is 4.85. The van der Waals surface area contributed by atoms with Gasteiger partial charge in [0.1, 0.15) is 5.75 Å². The molecule has 1 saturated heterocycles. The van der Waals surface area contributed by atoms with Crippen molar-refractivity contribution < 1.29 is 9.47 Å². The Bertz CT molecular complexity index is 630. The van der Waals surface area contributed by atoms with Crippen LogP contribution in [0.1, 0.15) is 12.8 Å². The molecule has 2 aromatic rings. The van der Waals surface area contributed by atoms with Crippen molar-refractivity contribution in [3.8, 4) is 17.2 Å². The smallest absolute Gasteiger partial charge is 0.169 e. The zero-order chi connectivity index (χ0) is 16.1. The normalized spacial score (nSPS) is 18.6. The van der Waals surface area contributed by atoms with E-state index in [-0.39, 0.29) is 0 Å².